The minimum absolute atomic E-state index is 0.392. The first kappa shape index (κ1) is 17.7. The van der Waals surface area contributed by atoms with E-state index < -0.39 is 0 Å². The van der Waals surface area contributed by atoms with E-state index in [2.05, 4.69) is 41.0 Å². The van der Waals surface area contributed by atoms with Crippen LogP contribution in [0.3, 0.4) is 0 Å². The summed E-state index contributed by atoms with van der Waals surface area (Å²) in [5.41, 5.74) is 0.981. The van der Waals surface area contributed by atoms with Crippen LogP contribution in [0.25, 0.3) is 0 Å². The molecule has 0 spiro atoms. The van der Waals surface area contributed by atoms with Crippen LogP contribution in [0.5, 0.6) is 5.88 Å². The quantitative estimate of drug-likeness (QED) is 0.718. The average molecular weight is 294 g/mol. The number of ether oxygens (including phenoxy) is 1. The first-order valence-electron chi connectivity index (χ1n) is 8.05. The highest BCUT2D eigenvalue weighted by atomic mass is 16.5. The van der Waals surface area contributed by atoms with Crippen LogP contribution in [0.2, 0.25) is 0 Å². The van der Waals surface area contributed by atoms with E-state index in [0.29, 0.717) is 18.5 Å². The number of nitrogens with zero attached hydrogens (tertiary/aromatic N) is 3. The number of hydrogen-bond donors (Lipinski definition) is 1. The van der Waals surface area contributed by atoms with Crippen LogP contribution in [0.1, 0.15) is 46.1 Å². The number of rotatable bonds is 10. The maximum Gasteiger partial charge on any atom is 0.221 e. The maximum absolute atomic E-state index is 5.50. The molecule has 1 atom stereocenters. The largest absolute Gasteiger partial charge is 0.478 e. The lowest BCUT2D eigenvalue weighted by molar-refractivity contribution is 0.295. The summed E-state index contributed by atoms with van der Waals surface area (Å²) in [6.07, 6.45) is 3.88. The van der Waals surface area contributed by atoms with Gasteiger partial charge in [-0.25, -0.2) is 9.97 Å². The van der Waals surface area contributed by atoms with E-state index in [4.69, 9.17) is 4.74 Å². The third-order valence-corrected chi connectivity index (χ3v) is 3.71. The fourth-order valence-corrected chi connectivity index (χ4v) is 2.33. The average Bonchev–Trinajstić information content (AvgIpc) is 2.48. The summed E-state index contributed by atoms with van der Waals surface area (Å²) in [5.74, 6) is 1.55. The Hall–Kier alpha value is -1.36. The molecule has 0 radical (unpaired) electrons. The predicted octanol–water partition coefficient (Wildman–Crippen LogP) is 3.11. The Labute approximate surface area is 129 Å². The fraction of sp³-hybridized carbons (Fsp3) is 0.750. The van der Waals surface area contributed by atoms with E-state index in [9.17, 15) is 0 Å². The van der Waals surface area contributed by atoms with Gasteiger partial charge in [-0.1, -0.05) is 13.8 Å². The van der Waals surface area contributed by atoms with Crippen LogP contribution in [0.15, 0.2) is 6.33 Å². The normalized spacial score (nSPS) is 12.5. The third kappa shape index (κ3) is 5.87. The van der Waals surface area contributed by atoms with E-state index in [1.54, 1.807) is 6.33 Å². The Balaban J connectivity index is 2.47. The lowest BCUT2D eigenvalue weighted by Crippen LogP contribution is -2.26. The van der Waals surface area contributed by atoms with Gasteiger partial charge in [0.1, 0.15) is 12.1 Å². The van der Waals surface area contributed by atoms with Crippen molar-refractivity contribution in [3.63, 3.8) is 0 Å². The summed E-state index contributed by atoms with van der Waals surface area (Å²) in [7, 11) is 0. The molecular weight excluding hydrogens is 264 g/mol. The lowest BCUT2D eigenvalue weighted by atomic mass is 10.1. The van der Waals surface area contributed by atoms with Crippen molar-refractivity contribution < 1.29 is 4.74 Å². The number of nitrogens with one attached hydrogen (secondary N) is 1. The van der Waals surface area contributed by atoms with Crippen LogP contribution < -0.4 is 10.1 Å². The Morgan fingerprint density at radius 3 is 2.57 bits per heavy atom. The van der Waals surface area contributed by atoms with Gasteiger partial charge in [0.25, 0.3) is 0 Å². The molecule has 1 aromatic heterocycles. The minimum Gasteiger partial charge on any atom is -0.478 e. The Kier molecular flexibility index (Phi) is 8.05. The van der Waals surface area contributed by atoms with Gasteiger partial charge in [-0.05, 0) is 53.2 Å². The van der Waals surface area contributed by atoms with Crippen molar-refractivity contribution in [1.82, 2.24) is 14.9 Å². The van der Waals surface area contributed by atoms with Crippen molar-refractivity contribution in [1.29, 1.82) is 0 Å². The van der Waals surface area contributed by atoms with Crippen molar-refractivity contribution in [2.75, 3.05) is 31.6 Å². The zero-order valence-electron chi connectivity index (χ0n) is 14.1. The fourth-order valence-electron chi connectivity index (χ4n) is 2.33. The van der Waals surface area contributed by atoms with Crippen molar-refractivity contribution in [3.8, 4) is 5.88 Å². The first-order chi connectivity index (χ1) is 10.1. The predicted molar refractivity (Wildman–Crippen MR) is 88.0 cm³/mol. The highest BCUT2D eigenvalue weighted by molar-refractivity contribution is 5.48. The monoisotopic (exact) mass is 294 g/mol. The molecule has 0 saturated heterocycles. The van der Waals surface area contributed by atoms with Crippen LogP contribution in [-0.2, 0) is 0 Å². The van der Waals surface area contributed by atoms with Crippen molar-refractivity contribution in [2.45, 2.75) is 53.5 Å². The highest BCUT2D eigenvalue weighted by Gasteiger charge is 2.10. The topological polar surface area (TPSA) is 50.3 Å². The molecule has 1 heterocycles. The van der Waals surface area contributed by atoms with Crippen molar-refractivity contribution in [3.05, 3.63) is 11.9 Å². The van der Waals surface area contributed by atoms with Gasteiger partial charge in [0, 0.05) is 6.04 Å². The van der Waals surface area contributed by atoms with Crippen molar-refractivity contribution in [2.24, 2.45) is 0 Å². The van der Waals surface area contributed by atoms with Gasteiger partial charge in [0.15, 0.2) is 0 Å². The van der Waals surface area contributed by atoms with Crippen LogP contribution in [0.4, 0.5) is 5.82 Å². The zero-order chi connectivity index (χ0) is 15.7. The van der Waals surface area contributed by atoms with Gasteiger partial charge < -0.3 is 15.0 Å². The summed E-state index contributed by atoms with van der Waals surface area (Å²) < 4.78 is 5.50. The second-order valence-electron chi connectivity index (χ2n) is 5.30. The number of aromatic nitrogens is 2. The molecule has 1 unspecified atom stereocenters. The maximum atomic E-state index is 5.50. The first-order valence-corrected chi connectivity index (χ1v) is 8.05. The zero-order valence-corrected chi connectivity index (χ0v) is 14.1. The molecule has 0 saturated carbocycles. The molecule has 0 aromatic carbocycles. The van der Waals surface area contributed by atoms with E-state index in [0.717, 1.165) is 37.4 Å². The number of anilines is 1. The van der Waals surface area contributed by atoms with Gasteiger partial charge in [0.2, 0.25) is 5.88 Å². The smallest absolute Gasteiger partial charge is 0.221 e. The minimum atomic E-state index is 0.392. The summed E-state index contributed by atoms with van der Waals surface area (Å²) in [5, 5.41) is 3.47. The summed E-state index contributed by atoms with van der Waals surface area (Å²) in [6, 6.07) is 0.392. The molecular formula is C16H30N4O. The molecule has 0 bridgehead atoms. The van der Waals surface area contributed by atoms with Crippen LogP contribution in [0, 0.1) is 6.92 Å². The molecule has 5 nitrogen and oxygen atoms in total. The summed E-state index contributed by atoms with van der Waals surface area (Å²) in [4.78, 5) is 10.9. The Morgan fingerprint density at radius 2 is 1.95 bits per heavy atom. The van der Waals surface area contributed by atoms with Gasteiger partial charge >= 0.3 is 0 Å². The molecule has 1 rings (SSSR count). The van der Waals surface area contributed by atoms with Gasteiger partial charge in [0.05, 0.1) is 12.2 Å². The molecule has 0 amide bonds. The van der Waals surface area contributed by atoms with Crippen LogP contribution in [-0.4, -0.2) is 47.2 Å². The standard InChI is InChI=1S/C16H30N4O/c1-6-20(7-2)11-9-10-13(4)19-15-14(5)16(21-8-3)18-12-17-15/h12-13H,6-11H2,1-5H3,(H,17,18,19). The van der Waals surface area contributed by atoms with Gasteiger partial charge in [-0.3, -0.25) is 0 Å². The van der Waals surface area contributed by atoms with E-state index in [1.165, 1.54) is 6.42 Å². The second kappa shape index (κ2) is 9.55. The SMILES string of the molecule is CCOc1ncnc(NC(C)CCCN(CC)CC)c1C. The summed E-state index contributed by atoms with van der Waals surface area (Å²) >= 11 is 0. The molecule has 0 aliphatic heterocycles. The third-order valence-electron chi connectivity index (χ3n) is 3.71. The van der Waals surface area contributed by atoms with E-state index in [-0.39, 0.29) is 0 Å². The molecule has 0 aliphatic rings. The number of hydrogen-bond acceptors (Lipinski definition) is 5. The second-order valence-corrected chi connectivity index (χ2v) is 5.30. The van der Waals surface area contributed by atoms with E-state index in [1.807, 2.05) is 13.8 Å². The molecule has 5 heteroatoms. The van der Waals surface area contributed by atoms with Gasteiger partial charge in [-0.2, -0.15) is 0 Å². The van der Waals surface area contributed by atoms with Crippen molar-refractivity contribution >= 4 is 5.82 Å². The molecule has 120 valence electrons. The highest BCUT2D eigenvalue weighted by Crippen LogP contribution is 2.21. The molecule has 0 aliphatic carbocycles. The lowest BCUT2D eigenvalue weighted by Gasteiger charge is -2.20. The van der Waals surface area contributed by atoms with Gasteiger partial charge in [-0.15, -0.1) is 0 Å². The Bertz CT molecular complexity index is 407. The van der Waals surface area contributed by atoms with Crippen LogP contribution >= 0.6 is 0 Å². The summed E-state index contributed by atoms with van der Waals surface area (Å²) in [6.45, 7) is 14.6. The molecule has 21 heavy (non-hydrogen) atoms. The molecule has 1 N–H and O–H groups in total. The Morgan fingerprint density at radius 1 is 1.24 bits per heavy atom. The molecule has 0 fully saturated rings. The van der Waals surface area contributed by atoms with E-state index >= 15 is 0 Å². The molecule has 1 aromatic rings.